The molecule has 3 amide bonds. The van der Waals surface area contributed by atoms with Gasteiger partial charge in [0.1, 0.15) is 17.5 Å². The molecule has 3 rings (SSSR count). The molecule has 20 nitrogen and oxygen atoms in total. The summed E-state index contributed by atoms with van der Waals surface area (Å²) in [6.45, 7) is 3.30. The lowest BCUT2D eigenvalue weighted by Crippen LogP contribution is -2.41. The van der Waals surface area contributed by atoms with Crippen molar-refractivity contribution in [2.24, 2.45) is 22.2 Å². The average molecular weight is 1020 g/mol. The fourth-order valence-electron chi connectivity index (χ4n) is 5.41. The molecule has 2 atom stereocenters. The number of guanidine groups is 1. The molecular formula is C41H56F9N9O11. The molecule has 0 radical (unpaired) electrons. The normalized spacial score (nSPS) is 12.0. The summed E-state index contributed by atoms with van der Waals surface area (Å²) in [5.41, 5.74) is 18.2. The predicted octanol–water partition coefficient (Wildman–Crippen LogP) is 3.81. The van der Waals surface area contributed by atoms with E-state index >= 15 is 0 Å². The highest BCUT2D eigenvalue weighted by atomic mass is 19.4. The third-order valence-corrected chi connectivity index (χ3v) is 8.88. The number of fused-ring (bicyclic) bond motifs is 1. The molecule has 0 aliphatic carbocycles. The van der Waals surface area contributed by atoms with Crippen molar-refractivity contribution >= 4 is 52.5 Å². The monoisotopic (exact) mass is 1020 g/mol. The van der Waals surface area contributed by atoms with Crippen LogP contribution >= 0.6 is 0 Å². The van der Waals surface area contributed by atoms with Crippen molar-refractivity contribution < 1.29 is 93.8 Å². The number of aromatic hydroxyl groups is 2. The Morgan fingerprint density at radius 3 is 1.60 bits per heavy atom. The van der Waals surface area contributed by atoms with Crippen LogP contribution in [0.5, 0.6) is 11.5 Å². The van der Waals surface area contributed by atoms with Gasteiger partial charge in [0.15, 0.2) is 5.96 Å². The number of nitrogens with two attached hydrogens (primary N) is 3. The number of unbranched alkanes of at least 4 members (excludes halogenated alkanes) is 6. The maximum absolute atomic E-state index is 13.3. The second-order valence-electron chi connectivity index (χ2n) is 14.6. The van der Waals surface area contributed by atoms with E-state index in [9.17, 15) is 64.1 Å². The van der Waals surface area contributed by atoms with Gasteiger partial charge in [0, 0.05) is 53.9 Å². The maximum atomic E-state index is 13.3. The van der Waals surface area contributed by atoms with E-state index in [-0.39, 0.29) is 35.7 Å². The van der Waals surface area contributed by atoms with Crippen LogP contribution in [0.15, 0.2) is 53.7 Å². The summed E-state index contributed by atoms with van der Waals surface area (Å²) in [4.78, 5) is 72.0. The van der Waals surface area contributed by atoms with Crippen molar-refractivity contribution in [2.75, 3.05) is 32.7 Å². The number of carboxylic acid groups (broad SMARTS) is 3. The third-order valence-electron chi connectivity index (χ3n) is 8.88. The van der Waals surface area contributed by atoms with Crippen molar-refractivity contribution in [3.8, 4) is 11.5 Å². The number of rotatable bonds is 23. The number of aromatic amines is 1. The summed E-state index contributed by atoms with van der Waals surface area (Å²) in [6, 6.07) is 10.1. The molecule has 0 saturated carbocycles. The van der Waals surface area contributed by atoms with Gasteiger partial charge in [0.05, 0.1) is 12.5 Å². The highest BCUT2D eigenvalue weighted by Crippen LogP contribution is 2.26. The highest BCUT2D eigenvalue weighted by Gasteiger charge is 2.39. The molecule has 0 saturated heterocycles. The van der Waals surface area contributed by atoms with Gasteiger partial charge in [-0.3, -0.25) is 19.4 Å². The summed E-state index contributed by atoms with van der Waals surface area (Å²) < 4.78 is 95.2. The van der Waals surface area contributed by atoms with Crippen LogP contribution < -0.4 is 38.5 Å². The number of phenols is 2. The van der Waals surface area contributed by atoms with E-state index in [4.69, 9.17) is 46.9 Å². The van der Waals surface area contributed by atoms with E-state index < -0.39 is 54.4 Å². The zero-order valence-corrected chi connectivity index (χ0v) is 37.1. The van der Waals surface area contributed by atoms with Crippen molar-refractivity contribution in [1.29, 1.82) is 0 Å². The van der Waals surface area contributed by atoms with Crippen LogP contribution in [0.2, 0.25) is 0 Å². The first-order valence-electron chi connectivity index (χ1n) is 20.8. The van der Waals surface area contributed by atoms with Gasteiger partial charge in [-0.1, -0.05) is 49.9 Å². The number of H-pyrrole nitrogens is 1. The minimum Gasteiger partial charge on any atom is -0.508 e. The van der Waals surface area contributed by atoms with E-state index in [2.05, 4.69) is 31.2 Å². The summed E-state index contributed by atoms with van der Waals surface area (Å²) in [5.74, 6) is -9.48. The maximum Gasteiger partial charge on any atom is 0.490 e. The fraction of sp³-hybridized carbons (Fsp3) is 0.488. The first-order chi connectivity index (χ1) is 32.5. The molecule has 0 unspecified atom stereocenters. The molecule has 0 aliphatic rings. The van der Waals surface area contributed by atoms with Gasteiger partial charge in [-0.05, 0) is 57.3 Å². The largest absolute Gasteiger partial charge is 0.508 e. The minimum absolute atomic E-state index is 0.00850. The summed E-state index contributed by atoms with van der Waals surface area (Å²) in [5, 5.41) is 54.0. The molecule has 70 heavy (non-hydrogen) atoms. The van der Waals surface area contributed by atoms with E-state index in [0.29, 0.717) is 37.2 Å². The molecule has 0 fully saturated rings. The predicted molar refractivity (Wildman–Crippen MR) is 233 cm³/mol. The van der Waals surface area contributed by atoms with Crippen LogP contribution in [0.4, 0.5) is 39.5 Å². The van der Waals surface area contributed by atoms with Crippen molar-refractivity contribution in [2.45, 2.75) is 94.8 Å². The zero-order valence-electron chi connectivity index (χ0n) is 37.1. The van der Waals surface area contributed by atoms with Gasteiger partial charge in [-0.2, -0.15) is 39.5 Å². The number of benzene rings is 2. The number of halogens is 9. The number of carbonyl (C=O) groups excluding carboxylic acids is 3. The third kappa shape index (κ3) is 28.3. The standard InChI is InChI=1S/C35H53N9O5.3C2HF3O2/c36-28(15-20-42-35(37)38)33(48)40-18-10-4-8-17-39-16-7-2-1-3-9-19-41-34(49)32(27-23-43-29-12-6-5-11-26(27)29)44-31(47)21-24-13-14-25(45)22-30(24)46;3*3-2(4,5)1(6)7/h5-6,11-14,22-23,28,32,39,43,45-46H,1-4,7-10,15-21,36H2,(H,40,48)(H,41,49)(H,44,47)(H4,37,38,42);3*(H,6,7)/t28-,32-;;;/m0.../s1. The van der Waals surface area contributed by atoms with E-state index in [0.717, 1.165) is 75.4 Å². The Kier molecular flexibility index (Phi) is 28.7. The van der Waals surface area contributed by atoms with Gasteiger partial charge < -0.3 is 69.0 Å². The smallest absolute Gasteiger partial charge is 0.490 e. The summed E-state index contributed by atoms with van der Waals surface area (Å²) >= 11 is 0. The lowest BCUT2D eigenvalue weighted by atomic mass is 10.0. The quantitative estimate of drug-likeness (QED) is 0.0278. The second kappa shape index (κ2) is 31.9. The molecule has 0 bridgehead atoms. The molecule has 2 aromatic carbocycles. The molecule has 1 heterocycles. The van der Waals surface area contributed by atoms with Crippen molar-refractivity contribution in [3.05, 3.63) is 59.8 Å². The van der Waals surface area contributed by atoms with E-state index in [1.165, 1.54) is 18.2 Å². The van der Waals surface area contributed by atoms with Gasteiger partial charge in [-0.15, -0.1) is 0 Å². The first kappa shape index (κ1) is 63.0. The number of aliphatic carboxylic acids is 3. The molecular weight excluding hydrogens is 965 g/mol. The van der Waals surface area contributed by atoms with Crippen LogP contribution in [0, 0.1) is 0 Å². The number of aromatic nitrogens is 1. The molecule has 1 aromatic heterocycles. The molecule has 29 heteroatoms. The SMILES string of the molecule is NC(N)=NCC[C@H](N)C(=O)NCCCCCNCCCCCCCNC(=O)[C@@H](NC(=O)Cc1ccc(O)cc1O)c1c[nH]c2ccccc12.O=C(O)C(F)(F)F.O=C(O)C(F)(F)F.O=C(O)C(F)(F)F. The number of carbonyl (C=O) groups is 6. The number of carboxylic acids is 3. The Labute approximate surface area is 393 Å². The topological polar surface area (TPSA) is 358 Å². The van der Waals surface area contributed by atoms with Gasteiger partial charge in [-0.25, -0.2) is 14.4 Å². The van der Waals surface area contributed by atoms with Crippen molar-refractivity contribution in [3.63, 3.8) is 0 Å². The number of nitrogens with one attached hydrogen (secondary N) is 5. The minimum atomic E-state index is -5.08. The van der Waals surface area contributed by atoms with Crippen LogP contribution in [-0.2, 0) is 35.2 Å². The van der Waals surface area contributed by atoms with Crippen LogP contribution in [0.3, 0.4) is 0 Å². The van der Waals surface area contributed by atoms with Gasteiger partial charge in [0.2, 0.25) is 17.7 Å². The Balaban J connectivity index is 0.00000187. The lowest BCUT2D eigenvalue weighted by Gasteiger charge is -2.19. The van der Waals surface area contributed by atoms with E-state index in [1.807, 2.05) is 24.3 Å². The van der Waals surface area contributed by atoms with E-state index in [1.54, 1.807) is 6.20 Å². The number of alkyl halides is 9. The Bertz CT molecular complexity index is 2080. The van der Waals surface area contributed by atoms with Crippen LogP contribution in [0.1, 0.15) is 75.0 Å². The van der Waals surface area contributed by atoms with Gasteiger partial charge >= 0.3 is 36.4 Å². The summed E-state index contributed by atoms with van der Waals surface area (Å²) in [7, 11) is 0. The van der Waals surface area contributed by atoms with Gasteiger partial charge in [0.25, 0.3) is 0 Å². The highest BCUT2D eigenvalue weighted by molar-refractivity contribution is 5.95. The molecule has 0 spiro atoms. The second-order valence-corrected chi connectivity index (χ2v) is 14.6. The lowest BCUT2D eigenvalue weighted by molar-refractivity contribution is -0.193. The Morgan fingerprint density at radius 1 is 0.657 bits per heavy atom. The Hall–Kier alpha value is -7.04. The number of aliphatic imine (C=N–C) groups is 1. The van der Waals surface area contributed by atoms with Crippen LogP contribution in [-0.4, -0.2) is 129 Å². The number of hydrogen-bond acceptors (Lipinski definition) is 11. The number of hydrogen-bond donors (Lipinski definition) is 13. The molecule has 16 N–H and O–H groups in total. The molecule has 3 aromatic rings. The zero-order chi connectivity index (χ0) is 53.7. The average Bonchev–Trinajstić information content (AvgIpc) is 3.68. The number of para-hydroxylation sites is 1. The molecule has 394 valence electrons. The Morgan fingerprint density at radius 2 is 1.11 bits per heavy atom. The summed E-state index contributed by atoms with van der Waals surface area (Å²) in [6.07, 6.45) is -5.29. The molecule has 0 aliphatic heterocycles. The van der Waals surface area contributed by atoms with Crippen molar-refractivity contribution in [1.82, 2.24) is 26.3 Å². The number of phenolic OH excluding ortho intramolecular Hbond substituents is 2. The first-order valence-corrected chi connectivity index (χ1v) is 20.8. The number of nitrogens with zero attached hydrogens (tertiary/aromatic N) is 1. The number of amides is 3. The fourth-order valence-corrected chi connectivity index (χ4v) is 5.41. The van der Waals surface area contributed by atoms with Crippen LogP contribution in [0.25, 0.3) is 10.9 Å².